The van der Waals surface area contributed by atoms with Gasteiger partial charge in [0.1, 0.15) is 22.8 Å². The van der Waals surface area contributed by atoms with Gasteiger partial charge in [-0.1, -0.05) is 12.2 Å². The van der Waals surface area contributed by atoms with Crippen molar-refractivity contribution in [2.45, 2.75) is 24.9 Å². The topological polar surface area (TPSA) is 54.6 Å². The number of aliphatic hydroxyl groups is 2. The zero-order valence-corrected chi connectivity index (χ0v) is 11.5. The number of hydrogen-bond donors (Lipinski definition) is 2. The summed E-state index contributed by atoms with van der Waals surface area (Å²) in [5, 5.41) is 21.1. The van der Waals surface area contributed by atoms with Gasteiger partial charge in [-0.3, -0.25) is 0 Å². The quantitative estimate of drug-likeness (QED) is 0.835. The second-order valence-electron chi connectivity index (χ2n) is 4.47. The summed E-state index contributed by atoms with van der Waals surface area (Å²) in [7, 11) is 0. The Morgan fingerprint density at radius 3 is 3.05 bits per heavy atom. The van der Waals surface area contributed by atoms with Gasteiger partial charge in [0.2, 0.25) is 0 Å². The molecule has 7 heteroatoms. The molecule has 0 aromatic carbocycles. The third kappa shape index (κ3) is 2.11. The first-order valence-electron chi connectivity index (χ1n) is 5.84. The molecule has 0 bridgehead atoms. The number of pyridine rings is 1. The van der Waals surface area contributed by atoms with Crippen LogP contribution >= 0.6 is 23.6 Å². The van der Waals surface area contributed by atoms with E-state index < -0.39 is 18.4 Å². The number of thiophene rings is 1. The van der Waals surface area contributed by atoms with Crippen molar-refractivity contribution in [3.63, 3.8) is 0 Å². The third-order valence-corrected chi connectivity index (χ3v) is 4.76. The van der Waals surface area contributed by atoms with Gasteiger partial charge < -0.3 is 19.5 Å². The van der Waals surface area contributed by atoms with Gasteiger partial charge in [0.15, 0.2) is 0 Å². The Bertz CT molecular complexity index is 669. The Hall–Kier alpha value is -0.860. The summed E-state index contributed by atoms with van der Waals surface area (Å²) in [5.41, 5.74) is 0. The number of rotatable bonds is 2. The Morgan fingerprint density at radius 2 is 2.37 bits per heavy atom. The second-order valence-corrected chi connectivity index (χ2v) is 5.77. The van der Waals surface area contributed by atoms with E-state index in [9.17, 15) is 9.50 Å². The molecule has 1 fully saturated rings. The van der Waals surface area contributed by atoms with Crippen LogP contribution in [0.3, 0.4) is 0 Å². The minimum Gasteiger partial charge on any atom is -0.394 e. The van der Waals surface area contributed by atoms with E-state index in [1.807, 2.05) is 0 Å². The number of halogens is 1. The van der Waals surface area contributed by atoms with Gasteiger partial charge in [0.05, 0.1) is 17.4 Å². The van der Waals surface area contributed by atoms with Crippen molar-refractivity contribution < 1.29 is 19.3 Å². The summed E-state index contributed by atoms with van der Waals surface area (Å²) < 4.78 is 22.2. The molecule has 3 rings (SSSR count). The summed E-state index contributed by atoms with van der Waals surface area (Å²) in [4.78, 5) is 0. The van der Waals surface area contributed by atoms with Gasteiger partial charge in [0.25, 0.3) is 0 Å². The van der Waals surface area contributed by atoms with Gasteiger partial charge in [-0.2, -0.15) is 0 Å². The lowest BCUT2D eigenvalue weighted by Crippen LogP contribution is -2.24. The molecule has 3 atom stereocenters. The molecule has 102 valence electrons. The zero-order valence-electron chi connectivity index (χ0n) is 9.82. The highest BCUT2D eigenvalue weighted by molar-refractivity contribution is 7.71. The first-order chi connectivity index (χ1) is 9.11. The van der Waals surface area contributed by atoms with E-state index >= 15 is 0 Å². The molecule has 1 unspecified atom stereocenters. The van der Waals surface area contributed by atoms with E-state index in [-0.39, 0.29) is 18.8 Å². The first kappa shape index (κ1) is 13.1. The van der Waals surface area contributed by atoms with Gasteiger partial charge in [-0.15, -0.1) is 11.3 Å². The molecular weight excluding hydrogens is 289 g/mol. The summed E-state index contributed by atoms with van der Waals surface area (Å²) in [6, 6.07) is 1.69. The lowest BCUT2D eigenvalue weighted by molar-refractivity contribution is -0.0449. The van der Waals surface area contributed by atoms with Crippen molar-refractivity contribution >= 4 is 33.6 Å². The predicted molar refractivity (Wildman–Crippen MR) is 72.2 cm³/mol. The molecule has 1 saturated heterocycles. The molecule has 0 amide bonds. The van der Waals surface area contributed by atoms with Gasteiger partial charge in [-0.05, 0) is 11.4 Å². The van der Waals surface area contributed by atoms with Crippen molar-refractivity contribution in [3.8, 4) is 0 Å². The second kappa shape index (κ2) is 4.92. The highest BCUT2D eigenvalue weighted by Gasteiger charge is 2.34. The molecule has 4 nitrogen and oxygen atoms in total. The normalized spacial score (nSPS) is 27.2. The van der Waals surface area contributed by atoms with E-state index in [1.165, 1.54) is 22.1 Å². The Labute approximate surface area is 117 Å². The number of aliphatic hydroxyl groups excluding tert-OH is 2. The molecule has 3 heterocycles. The van der Waals surface area contributed by atoms with Crippen LogP contribution in [0.1, 0.15) is 12.6 Å². The van der Waals surface area contributed by atoms with Crippen LogP contribution in [0.25, 0.3) is 10.1 Å². The molecule has 19 heavy (non-hydrogen) atoms. The maximum atomic E-state index is 14.0. The first-order valence-corrected chi connectivity index (χ1v) is 7.13. The zero-order chi connectivity index (χ0) is 13.6. The molecular formula is C12H12FNO3S2. The summed E-state index contributed by atoms with van der Waals surface area (Å²) >= 11 is 6.72. The summed E-state index contributed by atoms with van der Waals surface area (Å²) in [6.07, 6.45) is -0.363. The molecule has 0 aliphatic carbocycles. The summed E-state index contributed by atoms with van der Waals surface area (Å²) in [6.45, 7) is -0.269. The molecule has 0 saturated carbocycles. The smallest absolute Gasteiger partial charge is 0.148 e. The minimum absolute atomic E-state index is 0.269. The molecule has 0 radical (unpaired) electrons. The van der Waals surface area contributed by atoms with Crippen molar-refractivity contribution in [3.05, 3.63) is 28.1 Å². The lowest BCUT2D eigenvalue weighted by Gasteiger charge is -2.16. The fraction of sp³-hybridized carbons (Fsp3) is 0.417. The summed E-state index contributed by atoms with van der Waals surface area (Å²) in [5.74, 6) is -0.365. The number of ether oxygens (including phenoxy) is 1. The Balaban J connectivity index is 2.07. The number of aromatic nitrogens is 1. The standard InChI is InChI=1S/C12H12FNO3S2/c13-7-4-14(10-3-8(16)9(5-15)17-10)12(18)11-6(7)1-2-19-11/h1-2,4,8-10,15-16H,3,5H2/t8?,9-,10-/m1/s1. The van der Waals surface area contributed by atoms with Crippen LogP contribution in [-0.2, 0) is 4.74 Å². The molecule has 2 N–H and O–H groups in total. The van der Waals surface area contributed by atoms with Crippen molar-refractivity contribution in [2.75, 3.05) is 6.61 Å². The Kier molecular flexibility index (Phi) is 3.40. The van der Waals surface area contributed by atoms with E-state index in [0.29, 0.717) is 14.7 Å². The maximum Gasteiger partial charge on any atom is 0.148 e. The SMILES string of the molecule is OC[C@H]1O[C@@H](n2cc(F)c3ccsc3c2=S)CC1O. The number of hydrogen-bond acceptors (Lipinski definition) is 5. The van der Waals surface area contributed by atoms with Crippen LogP contribution < -0.4 is 0 Å². The monoisotopic (exact) mass is 301 g/mol. The number of nitrogens with zero attached hydrogens (tertiary/aromatic N) is 1. The van der Waals surface area contributed by atoms with E-state index in [4.69, 9.17) is 22.1 Å². The van der Waals surface area contributed by atoms with Crippen LogP contribution in [0.2, 0.25) is 0 Å². The van der Waals surface area contributed by atoms with Crippen LogP contribution in [0, 0.1) is 10.5 Å². The van der Waals surface area contributed by atoms with E-state index in [0.717, 1.165) is 0 Å². The van der Waals surface area contributed by atoms with E-state index in [2.05, 4.69) is 0 Å². The highest BCUT2D eigenvalue weighted by Crippen LogP contribution is 2.32. The van der Waals surface area contributed by atoms with Crippen LogP contribution in [-0.4, -0.2) is 33.6 Å². The predicted octanol–water partition coefficient (Wildman–Crippen LogP) is 2.21. The lowest BCUT2D eigenvalue weighted by atomic mass is 10.2. The maximum absolute atomic E-state index is 14.0. The molecule has 1 aliphatic heterocycles. The molecule has 2 aromatic rings. The average Bonchev–Trinajstić information content (AvgIpc) is 3.00. The van der Waals surface area contributed by atoms with Crippen LogP contribution in [0.15, 0.2) is 17.6 Å². The fourth-order valence-electron chi connectivity index (χ4n) is 2.29. The van der Waals surface area contributed by atoms with Crippen molar-refractivity contribution in [1.29, 1.82) is 0 Å². The van der Waals surface area contributed by atoms with Crippen LogP contribution in [0.4, 0.5) is 4.39 Å². The fourth-order valence-corrected chi connectivity index (χ4v) is 3.56. The van der Waals surface area contributed by atoms with E-state index in [1.54, 1.807) is 11.4 Å². The Morgan fingerprint density at radius 1 is 1.58 bits per heavy atom. The third-order valence-electron chi connectivity index (χ3n) is 3.30. The highest BCUT2D eigenvalue weighted by atomic mass is 32.1. The van der Waals surface area contributed by atoms with Gasteiger partial charge >= 0.3 is 0 Å². The molecule has 1 aliphatic rings. The molecule has 0 spiro atoms. The average molecular weight is 301 g/mol. The largest absolute Gasteiger partial charge is 0.394 e. The molecule has 2 aromatic heterocycles. The van der Waals surface area contributed by atoms with Gasteiger partial charge in [0, 0.05) is 18.0 Å². The minimum atomic E-state index is -0.765. The van der Waals surface area contributed by atoms with Crippen molar-refractivity contribution in [1.82, 2.24) is 4.57 Å². The van der Waals surface area contributed by atoms with Gasteiger partial charge in [-0.25, -0.2) is 4.39 Å². The van der Waals surface area contributed by atoms with Crippen molar-refractivity contribution in [2.24, 2.45) is 0 Å². The van der Waals surface area contributed by atoms with Crippen LogP contribution in [0.5, 0.6) is 0 Å². The number of fused-ring (bicyclic) bond motifs is 1.